The number of aryl methyl sites for hydroxylation is 4. The molecule has 3 aromatic rings. The molecule has 0 amide bonds. The average Bonchev–Trinajstić information content (AvgIpc) is 3.21. The first-order valence-electron chi connectivity index (χ1n) is 8.42. The first-order valence-corrected chi connectivity index (χ1v) is 11.2. The summed E-state index contributed by atoms with van der Waals surface area (Å²) in [5.41, 5.74) is 4.41. The number of aromatic nitrogens is 1. The van der Waals surface area contributed by atoms with Crippen LogP contribution in [0.4, 0.5) is 5.88 Å². The van der Waals surface area contributed by atoms with E-state index in [0.717, 1.165) is 33.6 Å². The molecule has 2 heterocycles. The van der Waals surface area contributed by atoms with Gasteiger partial charge in [0.25, 0.3) is 15.9 Å². The number of halogens is 1. The van der Waals surface area contributed by atoms with E-state index >= 15 is 0 Å². The van der Waals surface area contributed by atoms with Crippen molar-refractivity contribution in [3.05, 3.63) is 61.4 Å². The van der Waals surface area contributed by atoms with Gasteiger partial charge >= 0.3 is 0 Å². The van der Waals surface area contributed by atoms with Gasteiger partial charge < -0.3 is 4.52 Å². The quantitative estimate of drug-likeness (QED) is 0.555. The maximum absolute atomic E-state index is 12.9. The largest absolute Gasteiger partial charge is 0.336 e. The van der Waals surface area contributed by atoms with Gasteiger partial charge in [0.15, 0.2) is 5.78 Å². The van der Waals surface area contributed by atoms with Crippen LogP contribution in [0.15, 0.2) is 33.0 Å². The van der Waals surface area contributed by atoms with Crippen LogP contribution >= 0.6 is 22.9 Å². The Labute approximate surface area is 172 Å². The molecule has 0 atom stereocenters. The lowest BCUT2D eigenvalue weighted by Gasteiger charge is -2.11. The predicted octanol–water partition coefficient (Wildman–Crippen LogP) is 4.85. The van der Waals surface area contributed by atoms with E-state index in [1.165, 1.54) is 6.07 Å². The fourth-order valence-electron chi connectivity index (χ4n) is 3.04. The Hall–Kier alpha value is -2.16. The number of sulfonamides is 1. The Bertz CT molecular complexity index is 1140. The maximum Gasteiger partial charge on any atom is 0.265 e. The van der Waals surface area contributed by atoms with E-state index in [0.29, 0.717) is 5.69 Å². The lowest BCUT2D eigenvalue weighted by Crippen LogP contribution is -2.16. The zero-order valence-corrected chi connectivity index (χ0v) is 18.2. The van der Waals surface area contributed by atoms with Crippen molar-refractivity contribution in [2.45, 2.75) is 39.0 Å². The highest BCUT2D eigenvalue weighted by Gasteiger charge is 2.27. The van der Waals surface area contributed by atoms with Crippen LogP contribution in [0.25, 0.3) is 0 Å². The Morgan fingerprint density at radius 3 is 2.43 bits per heavy atom. The number of anilines is 1. The van der Waals surface area contributed by atoms with E-state index in [1.807, 2.05) is 32.9 Å². The highest BCUT2D eigenvalue weighted by Crippen LogP contribution is 2.30. The minimum absolute atomic E-state index is 0.0811. The minimum atomic E-state index is -4.05. The third-order valence-corrected chi connectivity index (χ3v) is 7.27. The van der Waals surface area contributed by atoms with Crippen LogP contribution in [0.5, 0.6) is 0 Å². The number of nitrogens with one attached hydrogen (secondary N) is 1. The van der Waals surface area contributed by atoms with Crippen LogP contribution in [0.1, 0.15) is 37.6 Å². The number of benzene rings is 1. The molecule has 0 saturated carbocycles. The molecule has 0 spiro atoms. The predicted molar refractivity (Wildman–Crippen MR) is 110 cm³/mol. The van der Waals surface area contributed by atoms with Gasteiger partial charge in [-0.3, -0.25) is 4.79 Å². The maximum atomic E-state index is 12.9. The summed E-state index contributed by atoms with van der Waals surface area (Å²) in [6, 6.07) is 5.42. The number of ketones is 1. The number of thiophene rings is 1. The molecular formula is C19H19ClN2O4S2. The van der Waals surface area contributed by atoms with E-state index in [9.17, 15) is 13.2 Å². The van der Waals surface area contributed by atoms with Gasteiger partial charge in [-0.2, -0.15) is 0 Å². The van der Waals surface area contributed by atoms with Crippen molar-refractivity contribution < 1.29 is 17.7 Å². The van der Waals surface area contributed by atoms with Gasteiger partial charge in [-0.1, -0.05) is 34.5 Å². The van der Waals surface area contributed by atoms with Crippen molar-refractivity contribution in [2.75, 3.05) is 4.72 Å². The normalized spacial score (nSPS) is 11.6. The molecule has 28 heavy (non-hydrogen) atoms. The van der Waals surface area contributed by atoms with Gasteiger partial charge in [-0.05, 0) is 55.8 Å². The number of carbonyl (C=O) groups is 1. The molecule has 0 aliphatic heterocycles. The topological polar surface area (TPSA) is 89.3 Å². The number of hydrogen-bond acceptors (Lipinski definition) is 6. The van der Waals surface area contributed by atoms with E-state index < -0.39 is 10.0 Å². The van der Waals surface area contributed by atoms with Crippen LogP contribution in [0.3, 0.4) is 0 Å². The fraction of sp³-hybridized carbons (Fsp3) is 0.263. The summed E-state index contributed by atoms with van der Waals surface area (Å²) in [4.78, 5) is 13.0. The third kappa shape index (κ3) is 3.99. The van der Waals surface area contributed by atoms with Crippen molar-refractivity contribution in [3.63, 3.8) is 0 Å². The summed E-state index contributed by atoms with van der Waals surface area (Å²) < 4.78 is 32.7. The molecule has 0 fully saturated rings. The highest BCUT2D eigenvalue weighted by molar-refractivity contribution is 7.93. The molecule has 0 unspecified atom stereocenters. The standard InChI is InChI=1S/C19H19ClN2O4S2/c1-10-7-11(2)14(12(3)8-10)9-15(23)18-16(5-6-27-18)28(24,25)22-19-17(20)13(4)21-26-19/h5-8,22H,9H2,1-4H3. The third-order valence-electron chi connectivity index (χ3n) is 4.37. The van der Waals surface area contributed by atoms with E-state index in [-0.39, 0.29) is 32.9 Å². The summed E-state index contributed by atoms with van der Waals surface area (Å²) >= 11 is 7.08. The zero-order chi connectivity index (χ0) is 20.6. The van der Waals surface area contributed by atoms with E-state index in [4.69, 9.17) is 16.1 Å². The van der Waals surface area contributed by atoms with Gasteiger partial charge in [0, 0.05) is 6.42 Å². The molecule has 0 aliphatic carbocycles. The number of Topliss-reactive ketones (excluding diaryl/α,β-unsaturated/α-hetero) is 1. The molecule has 2 aromatic heterocycles. The number of hydrogen-bond donors (Lipinski definition) is 1. The van der Waals surface area contributed by atoms with Gasteiger partial charge in [0.05, 0.1) is 4.88 Å². The molecule has 0 aliphatic rings. The van der Waals surface area contributed by atoms with Crippen molar-refractivity contribution in [1.29, 1.82) is 0 Å². The van der Waals surface area contributed by atoms with Crippen molar-refractivity contribution in [1.82, 2.24) is 5.16 Å². The molecule has 0 saturated heterocycles. The summed E-state index contributed by atoms with van der Waals surface area (Å²) in [5, 5.41) is 5.28. The van der Waals surface area contributed by atoms with Crippen LogP contribution in [0.2, 0.25) is 5.02 Å². The second-order valence-corrected chi connectivity index (χ2v) is 9.55. The molecule has 148 valence electrons. The molecule has 3 rings (SSSR count). The minimum Gasteiger partial charge on any atom is -0.336 e. The summed E-state index contributed by atoms with van der Waals surface area (Å²) in [5.74, 6) is -0.431. The molecule has 9 heteroatoms. The number of nitrogens with zero attached hydrogens (tertiary/aromatic N) is 1. The number of rotatable bonds is 6. The first kappa shape index (κ1) is 20.6. The monoisotopic (exact) mass is 438 g/mol. The summed E-state index contributed by atoms with van der Waals surface area (Å²) in [6.07, 6.45) is 0.128. The average molecular weight is 439 g/mol. The van der Waals surface area contributed by atoms with Gasteiger partial charge in [-0.15, -0.1) is 11.3 Å². The molecule has 0 radical (unpaired) electrons. The summed E-state index contributed by atoms with van der Waals surface area (Å²) in [6.45, 7) is 7.49. The van der Waals surface area contributed by atoms with Gasteiger partial charge in [0.1, 0.15) is 15.6 Å². The van der Waals surface area contributed by atoms with E-state index in [2.05, 4.69) is 9.88 Å². The molecule has 6 nitrogen and oxygen atoms in total. The van der Waals surface area contributed by atoms with Gasteiger partial charge in [0.2, 0.25) is 0 Å². The van der Waals surface area contributed by atoms with Crippen LogP contribution in [0, 0.1) is 27.7 Å². The summed E-state index contributed by atoms with van der Waals surface area (Å²) in [7, 11) is -4.05. The Balaban J connectivity index is 1.91. The van der Waals surface area contributed by atoms with Crippen molar-refractivity contribution in [3.8, 4) is 0 Å². The second kappa shape index (κ2) is 7.69. The van der Waals surface area contributed by atoms with Crippen LogP contribution < -0.4 is 4.72 Å². The first-order chi connectivity index (χ1) is 13.1. The molecule has 1 N–H and O–H groups in total. The van der Waals surface area contributed by atoms with E-state index in [1.54, 1.807) is 12.3 Å². The molecule has 1 aromatic carbocycles. The van der Waals surface area contributed by atoms with Crippen LogP contribution in [-0.4, -0.2) is 19.4 Å². The lowest BCUT2D eigenvalue weighted by molar-refractivity contribution is 0.0993. The number of carbonyl (C=O) groups excluding carboxylic acids is 1. The Morgan fingerprint density at radius 2 is 1.86 bits per heavy atom. The van der Waals surface area contributed by atoms with Gasteiger partial charge in [-0.25, -0.2) is 13.1 Å². The fourth-order valence-corrected chi connectivity index (χ4v) is 5.60. The van der Waals surface area contributed by atoms with Crippen molar-refractivity contribution in [2.24, 2.45) is 0 Å². The molecular weight excluding hydrogens is 420 g/mol. The highest BCUT2D eigenvalue weighted by atomic mass is 35.5. The lowest BCUT2D eigenvalue weighted by atomic mass is 9.95. The zero-order valence-electron chi connectivity index (χ0n) is 15.8. The Morgan fingerprint density at radius 1 is 1.21 bits per heavy atom. The molecule has 0 bridgehead atoms. The second-order valence-electron chi connectivity index (χ2n) is 6.61. The van der Waals surface area contributed by atoms with Crippen molar-refractivity contribution >= 4 is 44.6 Å². The Kier molecular flexibility index (Phi) is 5.65. The smallest absolute Gasteiger partial charge is 0.265 e. The SMILES string of the molecule is Cc1cc(C)c(CC(=O)c2sccc2S(=O)(=O)Nc2onc(C)c2Cl)c(C)c1. The van der Waals surface area contributed by atoms with Crippen LogP contribution in [-0.2, 0) is 16.4 Å².